The van der Waals surface area contributed by atoms with E-state index in [0.29, 0.717) is 10.6 Å². The third-order valence-corrected chi connectivity index (χ3v) is 2.78. The van der Waals surface area contributed by atoms with E-state index in [1.807, 2.05) is 0 Å². The van der Waals surface area contributed by atoms with Gasteiger partial charge in [0.1, 0.15) is 0 Å². The molecule has 0 spiro atoms. The van der Waals surface area contributed by atoms with Crippen molar-refractivity contribution in [2.45, 2.75) is 0 Å². The van der Waals surface area contributed by atoms with Crippen molar-refractivity contribution in [3.63, 3.8) is 0 Å². The molecule has 0 bridgehead atoms. The summed E-state index contributed by atoms with van der Waals surface area (Å²) in [5.41, 5.74) is 1.33. The Morgan fingerprint density at radius 1 is 1.50 bits per heavy atom. The third kappa shape index (κ3) is 3.52. The average molecular weight is 231 g/mol. The van der Waals surface area contributed by atoms with Crippen molar-refractivity contribution in [3.8, 4) is 0 Å². The van der Waals surface area contributed by atoms with E-state index in [-0.39, 0.29) is 5.75 Å². The van der Waals surface area contributed by atoms with Gasteiger partial charge in [-0.3, -0.25) is 0 Å². The average Bonchev–Trinajstić information content (AvgIpc) is 2.01. The molecule has 0 saturated heterocycles. The van der Waals surface area contributed by atoms with Crippen LogP contribution in [0.1, 0.15) is 5.56 Å². The van der Waals surface area contributed by atoms with Crippen LogP contribution >= 0.6 is 11.6 Å². The van der Waals surface area contributed by atoms with E-state index in [2.05, 4.69) is 6.58 Å². The van der Waals surface area contributed by atoms with Crippen molar-refractivity contribution in [1.82, 2.24) is 0 Å². The maximum absolute atomic E-state index is 11.0. The summed E-state index contributed by atoms with van der Waals surface area (Å²) >= 11 is 5.77. The summed E-state index contributed by atoms with van der Waals surface area (Å²) in [6.07, 6.45) is 1.18. The Bertz CT molecular complexity index is 449. The lowest BCUT2D eigenvalue weighted by atomic mass is 10.1. The van der Waals surface area contributed by atoms with Crippen LogP contribution in [-0.2, 0) is 9.84 Å². The maximum Gasteiger partial charge on any atom is 0.151 e. The van der Waals surface area contributed by atoms with Crippen LogP contribution in [0, 0.1) is 0 Å². The summed E-state index contributed by atoms with van der Waals surface area (Å²) in [6.45, 7) is 3.71. The van der Waals surface area contributed by atoms with Crippen LogP contribution in [0.15, 0.2) is 30.8 Å². The van der Waals surface area contributed by atoms with Crippen molar-refractivity contribution in [1.29, 1.82) is 0 Å². The zero-order valence-electron chi connectivity index (χ0n) is 7.83. The Morgan fingerprint density at radius 3 is 2.64 bits per heavy atom. The standard InChI is InChI=1S/C10H11ClO2S/c1-8(7-14(2,12)13)9-4-3-5-10(11)6-9/h3-6H,1,7H2,2H3. The first-order chi connectivity index (χ1) is 6.38. The quantitative estimate of drug-likeness (QED) is 0.799. The fourth-order valence-electron chi connectivity index (χ4n) is 1.11. The minimum Gasteiger partial charge on any atom is -0.229 e. The minimum absolute atomic E-state index is 0.0344. The second kappa shape index (κ2) is 4.15. The van der Waals surface area contributed by atoms with Crippen LogP contribution in [-0.4, -0.2) is 20.4 Å². The van der Waals surface area contributed by atoms with E-state index in [4.69, 9.17) is 11.6 Å². The molecule has 76 valence electrons. The van der Waals surface area contributed by atoms with Gasteiger partial charge in [0.25, 0.3) is 0 Å². The van der Waals surface area contributed by atoms with Gasteiger partial charge >= 0.3 is 0 Å². The van der Waals surface area contributed by atoms with Gasteiger partial charge in [0.2, 0.25) is 0 Å². The predicted octanol–water partition coefficient (Wildman–Crippen LogP) is 2.40. The van der Waals surface area contributed by atoms with Gasteiger partial charge in [0, 0.05) is 11.3 Å². The molecule has 0 fully saturated rings. The molecule has 0 aliphatic rings. The molecule has 4 heteroatoms. The van der Waals surface area contributed by atoms with Crippen LogP contribution < -0.4 is 0 Å². The fraction of sp³-hybridized carbons (Fsp3) is 0.200. The van der Waals surface area contributed by atoms with Crippen LogP contribution in [0.2, 0.25) is 5.02 Å². The molecule has 0 amide bonds. The molecule has 0 heterocycles. The molecule has 0 N–H and O–H groups in total. The molecule has 0 unspecified atom stereocenters. The Morgan fingerprint density at radius 2 is 2.14 bits per heavy atom. The van der Waals surface area contributed by atoms with Crippen molar-refractivity contribution in [3.05, 3.63) is 41.4 Å². The number of rotatable bonds is 3. The summed E-state index contributed by atoms with van der Waals surface area (Å²) in [5.74, 6) is -0.0344. The van der Waals surface area contributed by atoms with E-state index in [9.17, 15) is 8.42 Å². The van der Waals surface area contributed by atoms with Gasteiger partial charge in [-0.2, -0.15) is 0 Å². The molecule has 1 aromatic carbocycles. The highest BCUT2D eigenvalue weighted by Crippen LogP contribution is 2.18. The van der Waals surface area contributed by atoms with E-state index in [1.54, 1.807) is 24.3 Å². The SMILES string of the molecule is C=C(CS(C)(=O)=O)c1cccc(Cl)c1. The first-order valence-electron chi connectivity index (χ1n) is 4.00. The van der Waals surface area contributed by atoms with Crippen LogP contribution in [0.4, 0.5) is 0 Å². The second-order valence-corrected chi connectivity index (χ2v) is 5.76. The van der Waals surface area contributed by atoms with Gasteiger partial charge in [-0.05, 0) is 23.3 Å². The molecule has 1 aromatic rings. The Hall–Kier alpha value is -0.800. The lowest BCUT2D eigenvalue weighted by Crippen LogP contribution is -2.04. The van der Waals surface area contributed by atoms with E-state index in [1.165, 1.54) is 6.26 Å². The van der Waals surface area contributed by atoms with Crippen molar-refractivity contribution in [2.75, 3.05) is 12.0 Å². The van der Waals surface area contributed by atoms with Gasteiger partial charge in [-0.25, -0.2) is 8.42 Å². The number of benzene rings is 1. The monoisotopic (exact) mass is 230 g/mol. The van der Waals surface area contributed by atoms with Gasteiger partial charge in [0.15, 0.2) is 9.84 Å². The molecule has 0 aromatic heterocycles. The number of hydrogen-bond acceptors (Lipinski definition) is 2. The van der Waals surface area contributed by atoms with Gasteiger partial charge in [0.05, 0.1) is 5.75 Å². The minimum atomic E-state index is -3.03. The largest absolute Gasteiger partial charge is 0.229 e. The molecular weight excluding hydrogens is 220 g/mol. The van der Waals surface area contributed by atoms with Gasteiger partial charge in [-0.1, -0.05) is 30.3 Å². The van der Waals surface area contributed by atoms with Gasteiger partial charge in [-0.15, -0.1) is 0 Å². The molecule has 1 rings (SSSR count). The van der Waals surface area contributed by atoms with E-state index < -0.39 is 9.84 Å². The summed E-state index contributed by atoms with van der Waals surface area (Å²) in [7, 11) is -3.03. The second-order valence-electron chi connectivity index (χ2n) is 3.18. The highest BCUT2D eigenvalue weighted by atomic mass is 35.5. The van der Waals surface area contributed by atoms with Crippen molar-refractivity contribution >= 4 is 27.0 Å². The lowest BCUT2D eigenvalue weighted by molar-refractivity contribution is 0.605. The first kappa shape index (κ1) is 11.3. The van der Waals surface area contributed by atoms with Crippen LogP contribution in [0.3, 0.4) is 0 Å². The molecule has 14 heavy (non-hydrogen) atoms. The summed E-state index contributed by atoms with van der Waals surface area (Å²) in [5, 5.41) is 0.581. The van der Waals surface area contributed by atoms with E-state index in [0.717, 1.165) is 5.56 Å². The summed E-state index contributed by atoms with van der Waals surface area (Å²) in [4.78, 5) is 0. The molecule has 0 aliphatic heterocycles. The number of sulfone groups is 1. The van der Waals surface area contributed by atoms with Gasteiger partial charge < -0.3 is 0 Å². The van der Waals surface area contributed by atoms with Crippen LogP contribution in [0.25, 0.3) is 5.57 Å². The molecule has 2 nitrogen and oxygen atoms in total. The van der Waals surface area contributed by atoms with Crippen molar-refractivity contribution < 1.29 is 8.42 Å². The smallest absolute Gasteiger partial charge is 0.151 e. The highest BCUT2D eigenvalue weighted by Gasteiger charge is 2.07. The van der Waals surface area contributed by atoms with E-state index >= 15 is 0 Å². The summed E-state index contributed by atoms with van der Waals surface area (Å²) in [6, 6.07) is 7.00. The molecule has 0 atom stereocenters. The highest BCUT2D eigenvalue weighted by molar-refractivity contribution is 7.91. The zero-order chi connectivity index (χ0) is 10.8. The van der Waals surface area contributed by atoms with Crippen LogP contribution in [0.5, 0.6) is 0 Å². The lowest BCUT2D eigenvalue weighted by Gasteiger charge is -2.04. The number of halogens is 1. The Labute approximate surface area is 89.1 Å². The Kier molecular flexibility index (Phi) is 3.34. The van der Waals surface area contributed by atoms with Crippen molar-refractivity contribution in [2.24, 2.45) is 0 Å². The Balaban J connectivity index is 2.91. The number of hydrogen-bond donors (Lipinski definition) is 0. The molecule has 0 radical (unpaired) electrons. The topological polar surface area (TPSA) is 34.1 Å². The predicted molar refractivity (Wildman–Crippen MR) is 60.2 cm³/mol. The third-order valence-electron chi connectivity index (χ3n) is 1.67. The molecular formula is C10H11ClO2S. The normalized spacial score (nSPS) is 11.3. The zero-order valence-corrected chi connectivity index (χ0v) is 9.40. The maximum atomic E-state index is 11.0. The summed E-state index contributed by atoms with van der Waals surface area (Å²) < 4.78 is 22.0. The first-order valence-corrected chi connectivity index (χ1v) is 6.44. The molecule has 0 aliphatic carbocycles. The molecule has 0 saturated carbocycles. The fourth-order valence-corrected chi connectivity index (χ4v) is 2.10.